The summed E-state index contributed by atoms with van der Waals surface area (Å²) in [7, 11) is -3.23. The second-order valence-corrected chi connectivity index (χ2v) is 14.4. The van der Waals surface area contributed by atoms with E-state index in [0.717, 1.165) is 36.4 Å². The summed E-state index contributed by atoms with van der Waals surface area (Å²) in [4.78, 5) is 27.7. The van der Waals surface area contributed by atoms with Crippen molar-refractivity contribution in [3.05, 3.63) is 70.3 Å². The average Bonchev–Trinajstić information content (AvgIpc) is 3.12. The van der Waals surface area contributed by atoms with Crippen molar-refractivity contribution in [2.24, 2.45) is 11.8 Å². The highest BCUT2D eigenvalue weighted by Gasteiger charge is 2.44. The van der Waals surface area contributed by atoms with E-state index in [9.17, 15) is 23.1 Å². The number of anilines is 1. The molecule has 0 aromatic heterocycles. The van der Waals surface area contributed by atoms with Gasteiger partial charge in [0.15, 0.2) is 0 Å². The molecule has 0 unspecified atom stereocenters. The number of rotatable bonds is 2. The molecule has 2 heterocycles. The van der Waals surface area contributed by atoms with Crippen molar-refractivity contribution in [3.63, 3.8) is 0 Å². The Bertz CT molecular complexity index is 1580. The lowest BCUT2D eigenvalue weighted by molar-refractivity contribution is -0.140. The van der Waals surface area contributed by atoms with Gasteiger partial charge in [-0.15, -0.1) is 0 Å². The molecule has 6 rings (SSSR count). The Hall–Kier alpha value is -3.12. The van der Waals surface area contributed by atoms with Gasteiger partial charge in [0.1, 0.15) is 12.3 Å². The summed E-state index contributed by atoms with van der Waals surface area (Å²) in [5.41, 5.74) is 2.99. The van der Waals surface area contributed by atoms with Crippen LogP contribution in [0.3, 0.4) is 0 Å². The van der Waals surface area contributed by atoms with Gasteiger partial charge in [0, 0.05) is 35.6 Å². The van der Waals surface area contributed by atoms with E-state index < -0.39 is 34.7 Å². The molecular weight excluding hydrogens is 606 g/mol. The smallest absolute Gasteiger partial charge is 0.321 e. The number of ether oxygens (including phenoxy) is 2. The third-order valence-corrected chi connectivity index (χ3v) is 11.3. The van der Waals surface area contributed by atoms with E-state index in [2.05, 4.69) is 20.4 Å². The van der Waals surface area contributed by atoms with E-state index >= 15 is 0 Å². The van der Waals surface area contributed by atoms with Gasteiger partial charge < -0.3 is 19.5 Å². The quantitative estimate of drug-likeness (QED) is 0.376. The van der Waals surface area contributed by atoms with Crippen LogP contribution in [0.2, 0.25) is 5.02 Å². The summed E-state index contributed by atoms with van der Waals surface area (Å²) >= 11 is 6.38. The number of aryl methyl sites for hydroxylation is 1. The normalized spacial score (nSPS) is 29.2. The number of aliphatic hydroxyl groups excluding tert-OH is 1. The molecule has 2 aromatic carbocycles. The van der Waals surface area contributed by atoms with Crippen molar-refractivity contribution in [3.8, 4) is 5.75 Å². The Morgan fingerprint density at radius 3 is 2.84 bits per heavy atom. The number of carbonyl (C=O) groups excluding carboxylic acids is 2. The van der Waals surface area contributed by atoms with E-state index in [1.165, 1.54) is 18.2 Å². The van der Waals surface area contributed by atoms with Crippen LogP contribution in [0.1, 0.15) is 53.6 Å². The molecule has 0 saturated heterocycles. The van der Waals surface area contributed by atoms with E-state index in [4.69, 9.17) is 16.3 Å². The monoisotopic (exact) mass is 643 g/mol. The number of benzene rings is 2. The van der Waals surface area contributed by atoms with Gasteiger partial charge in [0.05, 0.1) is 25.5 Å². The lowest BCUT2D eigenvalue weighted by atomic mass is 9.68. The van der Waals surface area contributed by atoms with E-state index in [-0.39, 0.29) is 35.8 Å². The van der Waals surface area contributed by atoms with Gasteiger partial charge in [0.2, 0.25) is 0 Å². The maximum Gasteiger partial charge on any atom is 0.321 e. The number of esters is 1. The van der Waals surface area contributed by atoms with Gasteiger partial charge in [-0.05, 0) is 91.8 Å². The first kappa shape index (κ1) is 30.9. The molecule has 4 atom stereocenters. The molecule has 10 nitrogen and oxygen atoms in total. The zero-order chi connectivity index (χ0) is 31.1. The molecule has 236 valence electrons. The van der Waals surface area contributed by atoms with Crippen molar-refractivity contribution in [2.45, 2.75) is 50.0 Å². The number of carbonyl (C=O) groups is 2. The van der Waals surface area contributed by atoms with Crippen molar-refractivity contribution in [1.29, 1.82) is 0 Å². The SMILES string of the molecule is COC(=O)CN1CC/C=C/[C@H](O)[C@@H]2CC[C@H]2CN2C[C@@]3(CCCc4cc(Cl)ccc43)COc3ccc(cc32)C(=O)NS1(=O)=O. The maximum absolute atomic E-state index is 13.4. The number of fused-ring (bicyclic) bond motifs is 4. The first-order valence-electron chi connectivity index (χ1n) is 15.1. The molecule has 0 radical (unpaired) electrons. The Kier molecular flexibility index (Phi) is 8.67. The number of halogens is 1. The third kappa shape index (κ3) is 6.07. The van der Waals surface area contributed by atoms with Gasteiger partial charge in [-0.2, -0.15) is 12.7 Å². The lowest BCUT2D eigenvalue weighted by Gasteiger charge is -2.45. The number of nitrogens with zero attached hydrogens (tertiary/aromatic N) is 2. The standard InChI is InChI=1S/C32H38ClN3O7S/c1-42-30(38)18-36-14-3-2-6-28(37)25-10-7-23(25)17-35-19-32(13-4-5-21-15-24(33)9-11-26(21)32)20-43-29-12-8-22(16-27(29)35)31(39)34-44(36,40)41/h2,6,8-9,11-12,15-16,23,25,28,37H,3-5,7,10,13-14,17-20H2,1H3,(H,34,39)/b6-2+/t23-,25+,28-,32-/m0/s1. The zero-order valence-electron chi connectivity index (χ0n) is 24.7. The fourth-order valence-corrected chi connectivity index (χ4v) is 8.44. The van der Waals surface area contributed by atoms with Crippen LogP contribution in [0.15, 0.2) is 48.6 Å². The molecular formula is C32H38ClN3O7S. The fourth-order valence-electron chi connectivity index (χ4n) is 7.14. The number of nitrogens with one attached hydrogen (secondary N) is 1. The van der Waals surface area contributed by atoms with E-state index in [1.807, 2.05) is 12.1 Å². The molecule has 1 saturated carbocycles. The molecule has 1 fully saturated rings. The first-order chi connectivity index (χ1) is 21.1. The minimum absolute atomic E-state index is 0.0431. The summed E-state index contributed by atoms with van der Waals surface area (Å²) < 4.78 is 40.8. The largest absolute Gasteiger partial charge is 0.490 e. The molecule has 2 bridgehead atoms. The summed E-state index contributed by atoms with van der Waals surface area (Å²) in [5, 5.41) is 11.8. The average molecular weight is 644 g/mol. The van der Waals surface area contributed by atoms with Crippen molar-refractivity contribution in [2.75, 3.05) is 44.8 Å². The summed E-state index contributed by atoms with van der Waals surface area (Å²) in [6, 6.07) is 11.0. The third-order valence-electron chi connectivity index (χ3n) is 9.64. The number of aliphatic hydroxyl groups is 1. The molecule has 2 aliphatic heterocycles. The van der Waals surface area contributed by atoms with Crippen LogP contribution >= 0.6 is 11.6 Å². The predicted octanol–water partition coefficient (Wildman–Crippen LogP) is 3.61. The van der Waals surface area contributed by atoms with Crippen LogP contribution in [0.25, 0.3) is 0 Å². The van der Waals surface area contributed by atoms with Gasteiger partial charge >= 0.3 is 16.2 Å². The Morgan fingerprint density at radius 2 is 2.07 bits per heavy atom. The van der Waals surface area contributed by atoms with Crippen LogP contribution in [0, 0.1) is 11.8 Å². The second-order valence-electron chi connectivity index (χ2n) is 12.3. The van der Waals surface area contributed by atoms with Gasteiger partial charge in [-0.1, -0.05) is 29.8 Å². The second kappa shape index (κ2) is 12.3. The van der Waals surface area contributed by atoms with Crippen LogP contribution in [0.5, 0.6) is 5.75 Å². The molecule has 1 spiro atoms. The summed E-state index contributed by atoms with van der Waals surface area (Å²) in [5.74, 6) is -0.683. The maximum atomic E-state index is 13.4. The van der Waals surface area contributed by atoms with Crippen molar-refractivity contribution < 1.29 is 32.6 Å². The highest BCUT2D eigenvalue weighted by Crippen LogP contribution is 2.46. The van der Waals surface area contributed by atoms with Gasteiger partial charge in [-0.25, -0.2) is 4.72 Å². The topological polar surface area (TPSA) is 125 Å². The Balaban J connectivity index is 1.40. The molecule has 1 amide bonds. The summed E-state index contributed by atoms with van der Waals surface area (Å²) in [6.45, 7) is 1.12. The van der Waals surface area contributed by atoms with Crippen LogP contribution in [-0.4, -0.2) is 75.7 Å². The minimum atomic E-state index is -4.40. The summed E-state index contributed by atoms with van der Waals surface area (Å²) in [6.07, 6.45) is 7.70. The molecule has 2 aliphatic carbocycles. The van der Waals surface area contributed by atoms with Crippen LogP contribution < -0.4 is 14.4 Å². The Labute approximate surface area is 263 Å². The molecule has 4 aliphatic rings. The van der Waals surface area contributed by atoms with Crippen LogP contribution in [-0.2, 0) is 31.6 Å². The zero-order valence-corrected chi connectivity index (χ0v) is 26.3. The van der Waals surface area contributed by atoms with E-state index in [1.54, 1.807) is 30.4 Å². The highest BCUT2D eigenvalue weighted by molar-refractivity contribution is 7.87. The predicted molar refractivity (Wildman–Crippen MR) is 166 cm³/mol. The number of amides is 1. The minimum Gasteiger partial charge on any atom is -0.490 e. The van der Waals surface area contributed by atoms with Crippen molar-refractivity contribution >= 4 is 39.4 Å². The molecule has 12 heteroatoms. The van der Waals surface area contributed by atoms with Gasteiger partial charge in [0.25, 0.3) is 5.91 Å². The highest BCUT2D eigenvalue weighted by atomic mass is 35.5. The number of hydrogen-bond acceptors (Lipinski definition) is 8. The molecule has 44 heavy (non-hydrogen) atoms. The number of methoxy groups -OCH3 is 1. The van der Waals surface area contributed by atoms with E-state index in [0.29, 0.717) is 36.2 Å². The lowest BCUT2D eigenvalue weighted by Crippen LogP contribution is -2.49. The Morgan fingerprint density at radius 1 is 1.23 bits per heavy atom. The van der Waals surface area contributed by atoms with Crippen LogP contribution in [0.4, 0.5) is 5.69 Å². The number of hydrogen-bond donors (Lipinski definition) is 2. The first-order valence-corrected chi connectivity index (χ1v) is 16.9. The molecule has 2 N–H and O–H groups in total. The molecule has 2 aromatic rings. The van der Waals surface area contributed by atoms with Crippen molar-refractivity contribution in [1.82, 2.24) is 9.03 Å². The van der Waals surface area contributed by atoms with Gasteiger partial charge in [-0.3, -0.25) is 9.59 Å². The fraction of sp³-hybridized carbons (Fsp3) is 0.500.